The first kappa shape index (κ1) is 12.8. The highest BCUT2D eigenvalue weighted by Crippen LogP contribution is 2.17. The SMILES string of the molecule is Cc1cc(F)ccc1NCCOC(F)(F)F. The molecule has 0 fully saturated rings. The minimum absolute atomic E-state index is 0.00593. The van der Waals surface area contributed by atoms with E-state index in [-0.39, 0.29) is 12.4 Å². The summed E-state index contributed by atoms with van der Waals surface area (Å²) in [6.07, 6.45) is -4.61. The average Bonchev–Trinajstić information content (AvgIpc) is 2.13. The molecular weight excluding hydrogens is 226 g/mol. The van der Waals surface area contributed by atoms with Crippen molar-refractivity contribution < 1.29 is 22.3 Å². The molecule has 0 bridgehead atoms. The normalized spacial score (nSPS) is 11.6. The molecule has 90 valence electrons. The number of ether oxygens (including phenoxy) is 1. The molecule has 1 aromatic carbocycles. The van der Waals surface area contributed by atoms with Gasteiger partial charge in [-0.05, 0) is 30.7 Å². The van der Waals surface area contributed by atoms with Gasteiger partial charge in [-0.1, -0.05) is 0 Å². The van der Waals surface area contributed by atoms with Crippen molar-refractivity contribution in [2.24, 2.45) is 0 Å². The molecule has 0 heterocycles. The van der Waals surface area contributed by atoms with Crippen LogP contribution < -0.4 is 5.32 Å². The summed E-state index contributed by atoms with van der Waals surface area (Å²) in [6, 6.07) is 4.01. The average molecular weight is 237 g/mol. The van der Waals surface area contributed by atoms with Crippen LogP contribution in [0.5, 0.6) is 0 Å². The van der Waals surface area contributed by atoms with Gasteiger partial charge in [0.05, 0.1) is 6.61 Å². The summed E-state index contributed by atoms with van der Waals surface area (Å²) in [5, 5.41) is 2.72. The zero-order chi connectivity index (χ0) is 12.2. The fourth-order valence-corrected chi connectivity index (χ4v) is 1.18. The summed E-state index contributed by atoms with van der Waals surface area (Å²) in [6.45, 7) is 1.18. The van der Waals surface area contributed by atoms with E-state index in [1.54, 1.807) is 6.92 Å². The monoisotopic (exact) mass is 237 g/mol. The number of aryl methyl sites for hydroxylation is 1. The van der Waals surface area contributed by atoms with E-state index in [0.29, 0.717) is 11.3 Å². The topological polar surface area (TPSA) is 21.3 Å². The summed E-state index contributed by atoms with van der Waals surface area (Å²) in [7, 11) is 0. The third kappa shape index (κ3) is 4.48. The lowest BCUT2D eigenvalue weighted by Gasteiger charge is -2.11. The van der Waals surface area contributed by atoms with Crippen LogP contribution in [0, 0.1) is 12.7 Å². The second-order valence-corrected chi connectivity index (χ2v) is 3.18. The number of halogens is 4. The Labute approximate surface area is 90.2 Å². The second-order valence-electron chi connectivity index (χ2n) is 3.18. The lowest BCUT2D eigenvalue weighted by molar-refractivity contribution is -0.322. The van der Waals surface area contributed by atoms with Crippen molar-refractivity contribution in [1.82, 2.24) is 0 Å². The van der Waals surface area contributed by atoms with E-state index in [4.69, 9.17) is 0 Å². The summed E-state index contributed by atoms with van der Waals surface area (Å²) in [4.78, 5) is 0. The van der Waals surface area contributed by atoms with Crippen molar-refractivity contribution in [2.75, 3.05) is 18.5 Å². The number of benzene rings is 1. The predicted molar refractivity (Wildman–Crippen MR) is 51.6 cm³/mol. The molecule has 6 heteroatoms. The number of alkyl halides is 3. The van der Waals surface area contributed by atoms with Gasteiger partial charge in [0.15, 0.2) is 0 Å². The lowest BCUT2D eigenvalue weighted by Crippen LogP contribution is -2.19. The van der Waals surface area contributed by atoms with Crippen LogP contribution in [0.15, 0.2) is 18.2 Å². The Hall–Kier alpha value is -1.30. The number of anilines is 1. The minimum Gasteiger partial charge on any atom is -0.383 e. The summed E-state index contributed by atoms with van der Waals surface area (Å²) in [5.41, 5.74) is 1.22. The van der Waals surface area contributed by atoms with E-state index in [1.165, 1.54) is 18.2 Å². The summed E-state index contributed by atoms with van der Waals surface area (Å²) < 4.78 is 51.1. The van der Waals surface area contributed by atoms with Crippen molar-refractivity contribution in [3.05, 3.63) is 29.6 Å². The van der Waals surface area contributed by atoms with E-state index in [9.17, 15) is 17.6 Å². The van der Waals surface area contributed by atoms with Gasteiger partial charge in [-0.25, -0.2) is 4.39 Å². The van der Waals surface area contributed by atoms with E-state index in [1.807, 2.05) is 0 Å². The molecular formula is C10H11F4NO. The maximum Gasteiger partial charge on any atom is 0.522 e. The maximum absolute atomic E-state index is 12.7. The third-order valence-corrected chi connectivity index (χ3v) is 1.87. The molecule has 1 aromatic rings. The molecule has 0 aromatic heterocycles. The lowest BCUT2D eigenvalue weighted by atomic mass is 10.2. The van der Waals surface area contributed by atoms with Crippen LogP contribution in [-0.2, 0) is 4.74 Å². The molecule has 0 aliphatic carbocycles. The van der Waals surface area contributed by atoms with E-state index < -0.39 is 13.0 Å². The molecule has 0 aliphatic rings. The fourth-order valence-electron chi connectivity index (χ4n) is 1.18. The largest absolute Gasteiger partial charge is 0.522 e. The van der Waals surface area contributed by atoms with Crippen molar-refractivity contribution in [1.29, 1.82) is 0 Å². The highest BCUT2D eigenvalue weighted by molar-refractivity contribution is 5.50. The summed E-state index contributed by atoms with van der Waals surface area (Å²) >= 11 is 0. The number of rotatable bonds is 4. The van der Waals surface area contributed by atoms with Crippen LogP contribution in [0.4, 0.5) is 23.2 Å². The van der Waals surface area contributed by atoms with Crippen molar-refractivity contribution >= 4 is 5.69 Å². The molecule has 0 spiro atoms. The van der Waals surface area contributed by atoms with Gasteiger partial charge in [-0.2, -0.15) is 0 Å². The Morgan fingerprint density at radius 3 is 2.56 bits per heavy atom. The molecule has 0 saturated heterocycles. The van der Waals surface area contributed by atoms with Crippen LogP contribution in [0.2, 0.25) is 0 Å². The van der Waals surface area contributed by atoms with E-state index >= 15 is 0 Å². The van der Waals surface area contributed by atoms with Crippen molar-refractivity contribution in [3.8, 4) is 0 Å². The minimum atomic E-state index is -4.61. The first-order valence-corrected chi connectivity index (χ1v) is 4.59. The molecule has 0 unspecified atom stereocenters. The molecule has 2 nitrogen and oxygen atoms in total. The van der Waals surface area contributed by atoms with Gasteiger partial charge in [-0.15, -0.1) is 13.2 Å². The predicted octanol–water partition coefficient (Wildman–Crippen LogP) is 3.08. The smallest absolute Gasteiger partial charge is 0.383 e. The highest BCUT2D eigenvalue weighted by Gasteiger charge is 2.28. The Balaban J connectivity index is 2.38. The van der Waals surface area contributed by atoms with Gasteiger partial charge in [0.25, 0.3) is 0 Å². The Kier molecular flexibility index (Phi) is 4.12. The molecule has 16 heavy (non-hydrogen) atoms. The van der Waals surface area contributed by atoms with Gasteiger partial charge in [0.2, 0.25) is 0 Å². The van der Waals surface area contributed by atoms with Crippen molar-refractivity contribution in [3.63, 3.8) is 0 Å². The molecule has 1 N–H and O–H groups in total. The standard InChI is InChI=1S/C10H11F4NO/c1-7-6-8(11)2-3-9(7)15-4-5-16-10(12,13)14/h2-3,6,15H,4-5H2,1H3. The number of hydrogen-bond donors (Lipinski definition) is 1. The number of nitrogens with one attached hydrogen (secondary N) is 1. The molecule has 0 aliphatic heterocycles. The highest BCUT2D eigenvalue weighted by atomic mass is 19.4. The molecule has 0 saturated carbocycles. The number of hydrogen-bond acceptors (Lipinski definition) is 2. The fraction of sp³-hybridized carbons (Fsp3) is 0.400. The molecule has 0 amide bonds. The summed E-state index contributed by atoms with van der Waals surface area (Å²) in [5.74, 6) is -0.380. The van der Waals surface area contributed by atoms with Gasteiger partial charge in [-0.3, -0.25) is 4.74 Å². The van der Waals surface area contributed by atoms with E-state index in [0.717, 1.165) is 0 Å². The molecule has 0 radical (unpaired) electrons. The Bertz CT molecular complexity index is 351. The Morgan fingerprint density at radius 2 is 2.00 bits per heavy atom. The van der Waals surface area contributed by atoms with Crippen molar-refractivity contribution in [2.45, 2.75) is 13.3 Å². The second kappa shape index (κ2) is 5.16. The van der Waals surface area contributed by atoms with Crippen LogP contribution >= 0.6 is 0 Å². The maximum atomic E-state index is 12.7. The van der Waals surface area contributed by atoms with Gasteiger partial charge in [0.1, 0.15) is 5.82 Å². The van der Waals surface area contributed by atoms with Gasteiger partial charge >= 0.3 is 6.36 Å². The van der Waals surface area contributed by atoms with Crippen LogP contribution in [0.3, 0.4) is 0 Å². The van der Waals surface area contributed by atoms with Crippen LogP contribution in [0.25, 0.3) is 0 Å². The van der Waals surface area contributed by atoms with Gasteiger partial charge in [0, 0.05) is 12.2 Å². The quantitative estimate of drug-likeness (QED) is 0.641. The third-order valence-electron chi connectivity index (χ3n) is 1.87. The van der Waals surface area contributed by atoms with Gasteiger partial charge < -0.3 is 5.32 Å². The van der Waals surface area contributed by atoms with Crippen LogP contribution in [0.1, 0.15) is 5.56 Å². The zero-order valence-corrected chi connectivity index (χ0v) is 8.57. The Morgan fingerprint density at radius 1 is 1.31 bits per heavy atom. The van der Waals surface area contributed by atoms with Crippen LogP contribution in [-0.4, -0.2) is 19.5 Å². The zero-order valence-electron chi connectivity index (χ0n) is 8.57. The first-order chi connectivity index (χ1) is 7.38. The van der Waals surface area contributed by atoms with E-state index in [2.05, 4.69) is 10.1 Å². The molecule has 1 rings (SSSR count). The first-order valence-electron chi connectivity index (χ1n) is 4.59. The molecule has 0 atom stereocenters.